The smallest absolute Gasteiger partial charge is 0.132 e. The number of carbonyl (C=O) groups is 1. The number of rotatable bonds is 5. The number of benzene rings is 1. The summed E-state index contributed by atoms with van der Waals surface area (Å²) in [5.41, 5.74) is 1.14. The second-order valence-corrected chi connectivity index (χ2v) is 4.59. The van der Waals surface area contributed by atoms with Gasteiger partial charge >= 0.3 is 0 Å². The molecule has 2 aromatic rings. The van der Waals surface area contributed by atoms with Crippen LogP contribution in [0.15, 0.2) is 30.5 Å². The number of nitrogens with zero attached hydrogens (tertiary/aromatic N) is 1. The Morgan fingerprint density at radius 3 is 2.88 bits per heavy atom. The summed E-state index contributed by atoms with van der Waals surface area (Å²) in [7, 11) is 0. The zero-order chi connectivity index (χ0) is 12.3. The van der Waals surface area contributed by atoms with Gasteiger partial charge in [0.05, 0.1) is 5.02 Å². The third kappa shape index (κ3) is 2.70. The van der Waals surface area contributed by atoms with E-state index in [1.165, 1.54) is 0 Å². The zero-order valence-corrected chi connectivity index (χ0v) is 10.7. The van der Waals surface area contributed by atoms with E-state index in [2.05, 4.69) is 10.6 Å². The van der Waals surface area contributed by atoms with Crippen molar-refractivity contribution in [2.75, 3.05) is 0 Å². The van der Waals surface area contributed by atoms with E-state index in [0.717, 1.165) is 28.9 Å². The van der Waals surface area contributed by atoms with Crippen LogP contribution in [0.4, 0.5) is 0 Å². The molecule has 17 heavy (non-hydrogen) atoms. The van der Waals surface area contributed by atoms with Crippen LogP contribution in [0.1, 0.15) is 26.2 Å². The van der Waals surface area contributed by atoms with E-state index in [4.69, 9.17) is 11.6 Å². The molecule has 2 nitrogen and oxygen atoms in total. The Labute approximate surface area is 106 Å². The van der Waals surface area contributed by atoms with E-state index >= 15 is 0 Å². The Morgan fingerprint density at radius 1 is 1.35 bits per heavy atom. The van der Waals surface area contributed by atoms with Gasteiger partial charge in [0.15, 0.2) is 0 Å². The summed E-state index contributed by atoms with van der Waals surface area (Å²) in [5, 5.41) is 1.86. The molecule has 1 aromatic carbocycles. The monoisotopic (exact) mass is 249 g/mol. The van der Waals surface area contributed by atoms with Gasteiger partial charge in [-0.15, -0.1) is 0 Å². The molecule has 0 N–H and O–H groups in total. The lowest BCUT2D eigenvalue weighted by molar-refractivity contribution is -0.118. The first-order valence-electron chi connectivity index (χ1n) is 5.97. The molecule has 0 bridgehead atoms. The summed E-state index contributed by atoms with van der Waals surface area (Å²) < 4.78 is 2.13. The van der Waals surface area contributed by atoms with Crippen molar-refractivity contribution in [1.29, 1.82) is 0 Å². The number of ketones is 1. The normalized spacial score (nSPS) is 10.9. The van der Waals surface area contributed by atoms with E-state index in [0.29, 0.717) is 18.6 Å². The van der Waals surface area contributed by atoms with Gasteiger partial charge in [-0.3, -0.25) is 4.79 Å². The summed E-state index contributed by atoms with van der Waals surface area (Å²) in [5.74, 6) is 0.326. The fourth-order valence-corrected chi connectivity index (χ4v) is 2.29. The van der Waals surface area contributed by atoms with Gasteiger partial charge in [-0.05, 0) is 12.5 Å². The topological polar surface area (TPSA) is 22.0 Å². The number of halogens is 1. The lowest BCUT2D eigenvalue weighted by atomic mass is 10.2. The lowest BCUT2D eigenvalue weighted by Crippen LogP contribution is -2.00. The molecule has 3 heteroatoms. The van der Waals surface area contributed by atoms with Crippen molar-refractivity contribution in [3.05, 3.63) is 35.5 Å². The second kappa shape index (κ2) is 5.37. The molecule has 0 aliphatic heterocycles. The first-order valence-corrected chi connectivity index (χ1v) is 6.35. The van der Waals surface area contributed by atoms with Crippen molar-refractivity contribution in [2.24, 2.45) is 0 Å². The highest BCUT2D eigenvalue weighted by atomic mass is 35.5. The Kier molecular flexibility index (Phi) is 3.85. The third-order valence-corrected chi connectivity index (χ3v) is 3.29. The number of hydrogen-bond donors (Lipinski definition) is 0. The van der Waals surface area contributed by atoms with E-state index in [-0.39, 0.29) is 0 Å². The fourth-order valence-electron chi connectivity index (χ4n) is 2.01. The van der Waals surface area contributed by atoms with Gasteiger partial charge in [0.25, 0.3) is 0 Å². The van der Waals surface area contributed by atoms with Crippen LogP contribution in [0.5, 0.6) is 0 Å². The number of aromatic nitrogens is 1. The zero-order valence-electron chi connectivity index (χ0n) is 9.95. The predicted octanol–water partition coefficient (Wildman–Crippen LogP) is 4.05. The standard InChI is InChI=1S/C14H16ClNO/c1-2-11(17)6-5-9-16-10-13(15)12-7-3-4-8-14(12)16/h3-4,7-8,10H,2,5-6,9H2,1H3. The van der Waals surface area contributed by atoms with Crippen molar-refractivity contribution in [1.82, 2.24) is 4.57 Å². The Morgan fingerprint density at radius 2 is 2.12 bits per heavy atom. The SMILES string of the molecule is CCC(=O)CCCn1cc(Cl)c2ccccc21. The molecule has 1 heterocycles. The van der Waals surface area contributed by atoms with Crippen LogP contribution in [0.2, 0.25) is 5.02 Å². The molecule has 90 valence electrons. The lowest BCUT2D eigenvalue weighted by Gasteiger charge is -2.04. The van der Waals surface area contributed by atoms with Crippen molar-refractivity contribution in [3.63, 3.8) is 0 Å². The van der Waals surface area contributed by atoms with E-state index in [1.54, 1.807) is 0 Å². The maximum Gasteiger partial charge on any atom is 0.132 e. The highest BCUT2D eigenvalue weighted by Gasteiger charge is 2.06. The van der Waals surface area contributed by atoms with Gasteiger partial charge in [-0.1, -0.05) is 36.7 Å². The summed E-state index contributed by atoms with van der Waals surface area (Å²) >= 11 is 6.16. The Balaban J connectivity index is 2.11. The molecule has 0 aliphatic carbocycles. The molecule has 2 rings (SSSR count). The molecule has 0 unspecified atom stereocenters. The summed E-state index contributed by atoms with van der Waals surface area (Å²) in [6, 6.07) is 8.07. The van der Waals surface area contributed by atoms with E-state index in [9.17, 15) is 4.79 Å². The molecule has 0 amide bonds. The minimum absolute atomic E-state index is 0.326. The van der Waals surface area contributed by atoms with Gasteiger partial charge in [0.2, 0.25) is 0 Å². The summed E-state index contributed by atoms with van der Waals surface area (Å²) in [6.45, 7) is 2.75. The number of Topliss-reactive ketones (excluding diaryl/α,β-unsaturated/α-hetero) is 1. The van der Waals surface area contributed by atoms with Crippen LogP contribution >= 0.6 is 11.6 Å². The molecule has 0 atom stereocenters. The largest absolute Gasteiger partial charge is 0.346 e. The van der Waals surface area contributed by atoms with Gasteiger partial charge in [0.1, 0.15) is 5.78 Å². The average molecular weight is 250 g/mol. The first-order chi connectivity index (χ1) is 8.22. The molecule has 0 radical (unpaired) electrons. The van der Waals surface area contributed by atoms with Crippen molar-refractivity contribution in [3.8, 4) is 0 Å². The molecule has 0 spiro atoms. The number of hydrogen-bond acceptors (Lipinski definition) is 1. The van der Waals surface area contributed by atoms with Crippen LogP contribution in [0.25, 0.3) is 10.9 Å². The van der Waals surface area contributed by atoms with Crippen LogP contribution in [-0.4, -0.2) is 10.4 Å². The number of aryl methyl sites for hydroxylation is 1. The molecular weight excluding hydrogens is 234 g/mol. The summed E-state index contributed by atoms with van der Waals surface area (Å²) in [4.78, 5) is 11.2. The number of fused-ring (bicyclic) bond motifs is 1. The maximum atomic E-state index is 11.2. The van der Waals surface area contributed by atoms with Crippen molar-refractivity contribution >= 4 is 28.3 Å². The van der Waals surface area contributed by atoms with E-state index in [1.807, 2.05) is 31.3 Å². The van der Waals surface area contributed by atoms with Crippen LogP contribution in [-0.2, 0) is 11.3 Å². The molecular formula is C14H16ClNO. The average Bonchev–Trinajstić information content (AvgIpc) is 2.67. The number of carbonyl (C=O) groups excluding carboxylic acids is 1. The summed E-state index contributed by atoms with van der Waals surface area (Å²) in [6.07, 6.45) is 4.11. The number of para-hydroxylation sites is 1. The van der Waals surface area contributed by atoms with Crippen LogP contribution in [0, 0.1) is 0 Å². The van der Waals surface area contributed by atoms with Crippen LogP contribution in [0.3, 0.4) is 0 Å². The minimum Gasteiger partial charge on any atom is -0.346 e. The Hall–Kier alpha value is -1.28. The molecule has 0 saturated carbocycles. The highest BCUT2D eigenvalue weighted by Crippen LogP contribution is 2.25. The predicted molar refractivity (Wildman–Crippen MR) is 71.5 cm³/mol. The van der Waals surface area contributed by atoms with Crippen molar-refractivity contribution < 1.29 is 4.79 Å². The van der Waals surface area contributed by atoms with E-state index < -0.39 is 0 Å². The molecule has 0 aliphatic rings. The van der Waals surface area contributed by atoms with Crippen molar-refractivity contribution in [2.45, 2.75) is 32.7 Å². The second-order valence-electron chi connectivity index (χ2n) is 4.18. The molecule has 1 aromatic heterocycles. The fraction of sp³-hybridized carbons (Fsp3) is 0.357. The minimum atomic E-state index is 0.326. The van der Waals surface area contributed by atoms with Gasteiger partial charge in [-0.25, -0.2) is 0 Å². The quantitative estimate of drug-likeness (QED) is 0.784. The van der Waals surface area contributed by atoms with Gasteiger partial charge in [0, 0.05) is 36.5 Å². The maximum absolute atomic E-state index is 11.2. The third-order valence-electron chi connectivity index (χ3n) is 2.99. The van der Waals surface area contributed by atoms with Crippen LogP contribution < -0.4 is 0 Å². The highest BCUT2D eigenvalue weighted by molar-refractivity contribution is 6.35. The molecule has 0 saturated heterocycles. The molecule has 0 fully saturated rings. The van der Waals surface area contributed by atoms with Gasteiger partial charge < -0.3 is 4.57 Å². The first kappa shape index (κ1) is 12.2. The van der Waals surface area contributed by atoms with Gasteiger partial charge in [-0.2, -0.15) is 0 Å². The Bertz CT molecular complexity index is 530.